The van der Waals surface area contributed by atoms with Crippen LogP contribution in [0.4, 0.5) is 8.92 Å². The molecule has 0 bridgehead atoms. The zero-order chi connectivity index (χ0) is 13.8. The van der Waals surface area contributed by atoms with Crippen molar-refractivity contribution < 1.29 is 28.1 Å². The second-order valence-corrected chi connectivity index (χ2v) is 3.78. The summed E-state index contributed by atoms with van der Waals surface area (Å²) in [5.74, 6) is -1.05. The number of halogens is 2. The van der Waals surface area contributed by atoms with E-state index in [4.69, 9.17) is 9.47 Å². The molecule has 1 aliphatic heterocycles. The maximum absolute atomic E-state index is 13.5. The van der Waals surface area contributed by atoms with Crippen molar-refractivity contribution in [3.05, 3.63) is 41.2 Å². The Balaban J connectivity index is 2.17. The van der Waals surface area contributed by atoms with Gasteiger partial charge in [-0.25, -0.2) is 14.1 Å². The van der Waals surface area contributed by atoms with Gasteiger partial charge in [0.2, 0.25) is 6.79 Å². The Bertz CT molecular complexity index is 564. The maximum Gasteiger partial charge on any atom is 0.378 e. The molecule has 2 rings (SSSR count). The summed E-state index contributed by atoms with van der Waals surface area (Å²) >= 11 is 0. The van der Waals surface area contributed by atoms with Gasteiger partial charge in [-0.3, -0.25) is 0 Å². The van der Waals surface area contributed by atoms with E-state index in [2.05, 4.69) is 4.94 Å². The van der Waals surface area contributed by atoms with Crippen LogP contribution in [0.2, 0.25) is 0 Å². The molecule has 0 radical (unpaired) electrons. The normalized spacial score (nSPS) is 14.5. The van der Waals surface area contributed by atoms with E-state index in [9.17, 15) is 13.7 Å². The summed E-state index contributed by atoms with van der Waals surface area (Å²) in [6.45, 7) is 1.28. The van der Waals surface area contributed by atoms with Crippen LogP contribution in [0.25, 0.3) is 6.08 Å². The summed E-state index contributed by atoms with van der Waals surface area (Å²) in [6, 6.07) is 5.04. The van der Waals surface area contributed by atoms with Crippen LogP contribution in [0.3, 0.4) is 0 Å². The molecule has 0 spiro atoms. The second-order valence-electron chi connectivity index (χ2n) is 3.78. The number of carbonyl (C=O) groups excluding carboxylic acids is 1. The number of rotatable bonds is 3. The van der Waals surface area contributed by atoms with Gasteiger partial charge >= 0.3 is 5.97 Å². The van der Waals surface area contributed by atoms with Crippen molar-refractivity contribution in [1.29, 1.82) is 0 Å². The number of benzene rings is 1. The Kier molecular flexibility index (Phi) is 3.79. The topological polar surface area (TPSA) is 44.8 Å². The van der Waals surface area contributed by atoms with Crippen molar-refractivity contribution in [2.45, 2.75) is 6.92 Å². The predicted molar refractivity (Wildman–Crippen MR) is 62.6 cm³/mol. The lowest BCUT2D eigenvalue weighted by atomic mass is 10.1. The van der Waals surface area contributed by atoms with Crippen LogP contribution in [0.1, 0.15) is 12.5 Å². The van der Waals surface area contributed by atoms with E-state index in [0.717, 1.165) is 13.0 Å². The van der Waals surface area contributed by atoms with Gasteiger partial charge in [-0.2, -0.15) is 0 Å². The highest BCUT2D eigenvalue weighted by atomic mass is 19.3. The Labute approximate surface area is 107 Å². The van der Waals surface area contributed by atoms with E-state index < -0.39 is 17.4 Å². The van der Waals surface area contributed by atoms with E-state index in [1.165, 1.54) is 6.08 Å². The summed E-state index contributed by atoms with van der Waals surface area (Å²) in [5, 5.41) is 0. The average molecular weight is 268 g/mol. The minimum atomic E-state index is -1.35. The molecule has 0 amide bonds. The standard InChI is InChI=1S/C13H10F2O4/c1-8(13(16)19-15)10(14)4-2-9-3-5-11-12(6-9)18-7-17-11/h2-6H,7H2,1H3. The molecular formula is C13H10F2O4. The number of ether oxygens (including phenoxy) is 2. The van der Waals surface area contributed by atoms with Gasteiger partial charge in [-0.15, -0.1) is 0 Å². The second kappa shape index (κ2) is 5.51. The lowest BCUT2D eigenvalue weighted by molar-refractivity contribution is -0.178. The first-order valence-electron chi connectivity index (χ1n) is 5.39. The van der Waals surface area contributed by atoms with Gasteiger partial charge in [0.25, 0.3) is 0 Å². The van der Waals surface area contributed by atoms with Crippen LogP contribution >= 0.6 is 0 Å². The predicted octanol–water partition coefficient (Wildman–Crippen LogP) is 3.10. The van der Waals surface area contributed by atoms with Crippen molar-refractivity contribution in [2.75, 3.05) is 6.79 Å². The molecule has 0 fully saturated rings. The molecule has 1 heterocycles. The lowest BCUT2D eigenvalue weighted by Gasteiger charge is -1.98. The van der Waals surface area contributed by atoms with E-state index in [1.54, 1.807) is 18.2 Å². The third-order valence-electron chi connectivity index (χ3n) is 2.55. The minimum Gasteiger partial charge on any atom is -0.454 e. The van der Waals surface area contributed by atoms with Gasteiger partial charge in [-0.1, -0.05) is 12.1 Å². The molecule has 0 aromatic heterocycles. The molecule has 0 unspecified atom stereocenters. The highest BCUT2D eigenvalue weighted by Crippen LogP contribution is 2.32. The number of carbonyl (C=O) groups is 1. The molecule has 0 N–H and O–H groups in total. The zero-order valence-electron chi connectivity index (χ0n) is 9.98. The number of fused-ring (bicyclic) bond motifs is 1. The molecule has 0 aliphatic carbocycles. The van der Waals surface area contributed by atoms with Crippen LogP contribution in [0, 0.1) is 0 Å². The largest absolute Gasteiger partial charge is 0.454 e. The number of hydrogen-bond donors (Lipinski definition) is 0. The third kappa shape index (κ3) is 2.90. The molecule has 0 atom stereocenters. The van der Waals surface area contributed by atoms with E-state index in [0.29, 0.717) is 17.1 Å². The van der Waals surface area contributed by atoms with Crippen molar-refractivity contribution in [2.24, 2.45) is 0 Å². The van der Waals surface area contributed by atoms with Crippen LogP contribution in [0.15, 0.2) is 35.7 Å². The molecule has 19 heavy (non-hydrogen) atoms. The minimum absolute atomic E-state index is 0.151. The fraction of sp³-hybridized carbons (Fsp3) is 0.154. The van der Waals surface area contributed by atoms with Crippen LogP contribution in [0.5, 0.6) is 11.5 Å². The van der Waals surface area contributed by atoms with Gasteiger partial charge < -0.3 is 9.47 Å². The fourth-order valence-corrected chi connectivity index (χ4v) is 1.47. The highest BCUT2D eigenvalue weighted by molar-refractivity contribution is 5.88. The van der Waals surface area contributed by atoms with Gasteiger partial charge in [0, 0.05) is 4.53 Å². The van der Waals surface area contributed by atoms with Crippen molar-refractivity contribution in [1.82, 2.24) is 0 Å². The maximum atomic E-state index is 13.5. The number of hydrogen-bond acceptors (Lipinski definition) is 4. The van der Waals surface area contributed by atoms with Crippen LogP contribution < -0.4 is 9.47 Å². The first kappa shape index (κ1) is 13.1. The highest BCUT2D eigenvalue weighted by Gasteiger charge is 2.13. The van der Waals surface area contributed by atoms with Gasteiger partial charge in [-0.05, 0) is 30.7 Å². The Morgan fingerprint density at radius 2 is 2.11 bits per heavy atom. The van der Waals surface area contributed by atoms with E-state index in [-0.39, 0.29) is 6.79 Å². The summed E-state index contributed by atoms with van der Waals surface area (Å²) in [4.78, 5) is 13.7. The molecule has 1 aromatic rings. The Morgan fingerprint density at radius 3 is 2.84 bits per heavy atom. The van der Waals surface area contributed by atoms with Crippen LogP contribution in [-0.4, -0.2) is 12.8 Å². The summed E-state index contributed by atoms with van der Waals surface area (Å²) < 4.78 is 35.4. The SMILES string of the molecule is CC(C(=O)OF)=C(F)C=Cc1ccc2c(c1)OCO2. The molecule has 4 nitrogen and oxygen atoms in total. The fourth-order valence-electron chi connectivity index (χ4n) is 1.47. The molecule has 6 heteroatoms. The molecular weight excluding hydrogens is 258 g/mol. The van der Waals surface area contributed by atoms with Gasteiger partial charge in [0.05, 0.1) is 5.57 Å². The first-order valence-corrected chi connectivity index (χ1v) is 5.39. The lowest BCUT2D eigenvalue weighted by Crippen LogP contribution is -2.00. The summed E-state index contributed by atoms with van der Waals surface area (Å²) in [7, 11) is 0. The van der Waals surface area contributed by atoms with Gasteiger partial charge in [0.1, 0.15) is 5.83 Å². The monoisotopic (exact) mass is 268 g/mol. The molecule has 100 valence electrons. The average Bonchev–Trinajstić information content (AvgIpc) is 2.90. The van der Waals surface area contributed by atoms with Crippen molar-refractivity contribution >= 4 is 12.0 Å². The Hall–Kier alpha value is -2.37. The van der Waals surface area contributed by atoms with Crippen LogP contribution in [-0.2, 0) is 9.74 Å². The van der Waals surface area contributed by atoms with Gasteiger partial charge in [0.15, 0.2) is 11.5 Å². The third-order valence-corrected chi connectivity index (χ3v) is 2.55. The zero-order valence-corrected chi connectivity index (χ0v) is 9.98. The van der Waals surface area contributed by atoms with E-state index >= 15 is 0 Å². The quantitative estimate of drug-likeness (QED) is 0.624. The van der Waals surface area contributed by atoms with E-state index in [1.807, 2.05) is 0 Å². The molecule has 0 saturated heterocycles. The van der Waals surface area contributed by atoms with Crippen molar-refractivity contribution in [3.63, 3.8) is 0 Å². The molecule has 0 saturated carbocycles. The van der Waals surface area contributed by atoms with Crippen molar-refractivity contribution in [3.8, 4) is 11.5 Å². The Morgan fingerprint density at radius 1 is 1.37 bits per heavy atom. The summed E-state index contributed by atoms with van der Waals surface area (Å²) in [6.07, 6.45) is 2.47. The number of allylic oxidation sites excluding steroid dienone is 2. The smallest absolute Gasteiger partial charge is 0.378 e. The first-order chi connectivity index (χ1) is 9.11. The molecule has 1 aliphatic rings. The molecule has 1 aromatic carbocycles. The summed E-state index contributed by atoms with van der Waals surface area (Å²) in [5.41, 5.74) is 0.209.